The molecule has 1 spiro atoms. The van der Waals surface area contributed by atoms with Crippen LogP contribution in [0.4, 0.5) is 11.4 Å². The van der Waals surface area contributed by atoms with Gasteiger partial charge in [0.15, 0.2) is 0 Å². The van der Waals surface area contributed by atoms with Crippen LogP contribution in [0.3, 0.4) is 0 Å². The van der Waals surface area contributed by atoms with Gasteiger partial charge in [-0.05, 0) is 43.3 Å². The molecule has 2 atom stereocenters. The molecule has 3 fully saturated rings. The Hall–Kier alpha value is -3.29. The molecule has 1 aromatic carbocycles. The molecule has 3 aliphatic rings. The predicted molar refractivity (Wildman–Crippen MR) is 141 cm³/mol. The highest BCUT2D eigenvalue weighted by molar-refractivity contribution is 5.95. The van der Waals surface area contributed by atoms with Gasteiger partial charge in [-0.15, -0.1) is 0 Å². The monoisotopic (exact) mass is 500 g/mol. The van der Waals surface area contributed by atoms with E-state index in [4.69, 9.17) is 9.47 Å². The first-order valence-corrected chi connectivity index (χ1v) is 12.9. The zero-order valence-corrected chi connectivity index (χ0v) is 21.1. The van der Waals surface area contributed by atoms with Crippen LogP contribution in [-0.4, -0.2) is 90.2 Å². The molecule has 0 radical (unpaired) electrons. The molecule has 0 bridgehead atoms. The number of aliphatic hydroxyl groups excluding tert-OH is 1. The van der Waals surface area contributed by atoms with Gasteiger partial charge in [-0.3, -0.25) is 14.9 Å². The lowest BCUT2D eigenvalue weighted by atomic mass is 9.91. The Morgan fingerprint density at radius 1 is 1.11 bits per heavy atom. The van der Waals surface area contributed by atoms with E-state index in [1.165, 1.54) is 0 Å². The number of rotatable bonds is 5. The number of aliphatic hydroxyl groups is 1. The number of likely N-dealkylation sites (tertiary alicyclic amines) is 1. The standard InChI is InChI=1S/C28H32N6O3/c1-20-13-34(26-5-4-21(12-29)27-25(26)3-2-7-31-27)15-24(37-20)14-32-17-28(18-32)19-33(9-10-36-28)23-6-8-30-22(11-23)16-35/h2-8,11,20,24,35H,9-10,13-19H2,1H3/t20-,24+/m1/s1. The summed E-state index contributed by atoms with van der Waals surface area (Å²) in [7, 11) is 0. The predicted octanol–water partition coefficient (Wildman–Crippen LogP) is 2.18. The van der Waals surface area contributed by atoms with Crippen LogP contribution < -0.4 is 9.80 Å². The van der Waals surface area contributed by atoms with Crippen molar-refractivity contribution in [3.63, 3.8) is 0 Å². The van der Waals surface area contributed by atoms with E-state index in [0.717, 1.165) is 68.1 Å². The van der Waals surface area contributed by atoms with Crippen molar-refractivity contribution in [1.82, 2.24) is 14.9 Å². The summed E-state index contributed by atoms with van der Waals surface area (Å²) in [5, 5.41) is 20.0. The SMILES string of the molecule is C[C@@H]1CN(c2ccc(C#N)c3ncccc23)C[C@H](CN2CC3(C2)CN(c2ccnc(CO)c2)CCO3)O1. The molecule has 0 unspecified atom stereocenters. The van der Waals surface area contributed by atoms with Crippen LogP contribution in [0.25, 0.3) is 10.9 Å². The minimum absolute atomic E-state index is 0.0529. The number of pyridine rings is 2. The van der Waals surface area contributed by atoms with Crippen LogP contribution in [-0.2, 0) is 16.1 Å². The van der Waals surface area contributed by atoms with Gasteiger partial charge in [0.25, 0.3) is 0 Å². The van der Waals surface area contributed by atoms with Crippen LogP contribution in [0, 0.1) is 11.3 Å². The fourth-order valence-electron chi connectivity index (χ4n) is 6.06. The van der Waals surface area contributed by atoms with E-state index in [1.54, 1.807) is 12.4 Å². The lowest BCUT2D eigenvalue weighted by molar-refractivity contribution is -0.161. The summed E-state index contributed by atoms with van der Waals surface area (Å²) in [6.07, 6.45) is 3.68. The second-order valence-electron chi connectivity index (χ2n) is 10.4. The number of hydrogen-bond acceptors (Lipinski definition) is 9. The summed E-state index contributed by atoms with van der Waals surface area (Å²) < 4.78 is 12.6. The van der Waals surface area contributed by atoms with Gasteiger partial charge in [0, 0.05) is 75.0 Å². The van der Waals surface area contributed by atoms with Crippen LogP contribution in [0.2, 0.25) is 0 Å². The lowest BCUT2D eigenvalue weighted by Crippen LogP contribution is -2.71. The van der Waals surface area contributed by atoms with E-state index in [1.807, 2.05) is 36.4 Å². The van der Waals surface area contributed by atoms with Gasteiger partial charge < -0.3 is 24.4 Å². The molecule has 3 saturated heterocycles. The fourth-order valence-corrected chi connectivity index (χ4v) is 6.06. The van der Waals surface area contributed by atoms with Gasteiger partial charge in [0.1, 0.15) is 11.7 Å². The Morgan fingerprint density at radius 3 is 2.84 bits per heavy atom. The van der Waals surface area contributed by atoms with E-state index in [0.29, 0.717) is 17.9 Å². The van der Waals surface area contributed by atoms with E-state index >= 15 is 0 Å². The van der Waals surface area contributed by atoms with Crippen molar-refractivity contribution in [3.8, 4) is 6.07 Å². The average molecular weight is 501 g/mol. The highest BCUT2D eigenvalue weighted by Gasteiger charge is 2.48. The number of nitrogens with zero attached hydrogens (tertiary/aromatic N) is 6. The number of anilines is 2. The van der Waals surface area contributed by atoms with Crippen LogP contribution in [0.1, 0.15) is 18.2 Å². The molecule has 6 rings (SSSR count). The molecule has 37 heavy (non-hydrogen) atoms. The van der Waals surface area contributed by atoms with E-state index in [2.05, 4.69) is 37.7 Å². The second kappa shape index (κ2) is 9.88. The topological polar surface area (TPSA) is 98.0 Å². The van der Waals surface area contributed by atoms with Crippen molar-refractivity contribution in [2.75, 3.05) is 62.2 Å². The Morgan fingerprint density at radius 2 is 2.00 bits per heavy atom. The number of benzene rings is 1. The first-order chi connectivity index (χ1) is 18.1. The fraction of sp³-hybridized carbons (Fsp3) is 0.464. The molecule has 0 amide bonds. The van der Waals surface area contributed by atoms with E-state index in [9.17, 15) is 10.4 Å². The third-order valence-corrected chi connectivity index (χ3v) is 7.60. The molecule has 0 saturated carbocycles. The van der Waals surface area contributed by atoms with Gasteiger partial charge in [0.05, 0.1) is 42.2 Å². The Kier molecular flexibility index (Phi) is 6.42. The number of hydrogen-bond donors (Lipinski definition) is 1. The number of ether oxygens (including phenoxy) is 2. The maximum absolute atomic E-state index is 9.51. The Balaban J connectivity index is 1.11. The van der Waals surface area contributed by atoms with E-state index < -0.39 is 0 Å². The van der Waals surface area contributed by atoms with Crippen molar-refractivity contribution in [2.24, 2.45) is 0 Å². The third-order valence-electron chi connectivity index (χ3n) is 7.60. The summed E-state index contributed by atoms with van der Waals surface area (Å²) >= 11 is 0. The van der Waals surface area contributed by atoms with Crippen LogP contribution in [0.5, 0.6) is 0 Å². The number of aromatic nitrogens is 2. The molecule has 3 aliphatic heterocycles. The van der Waals surface area contributed by atoms with Crippen LogP contribution >= 0.6 is 0 Å². The molecule has 192 valence electrons. The summed E-state index contributed by atoms with van der Waals surface area (Å²) in [5.41, 5.74) is 4.06. The second-order valence-corrected chi connectivity index (χ2v) is 10.4. The summed E-state index contributed by atoms with van der Waals surface area (Å²) in [6, 6.07) is 14.1. The largest absolute Gasteiger partial charge is 0.390 e. The number of fused-ring (bicyclic) bond motifs is 1. The van der Waals surface area contributed by atoms with Gasteiger partial charge in [0.2, 0.25) is 0 Å². The number of nitriles is 1. The van der Waals surface area contributed by atoms with Crippen molar-refractivity contribution in [2.45, 2.75) is 31.3 Å². The highest BCUT2D eigenvalue weighted by atomic mass is 16.5. The minimum atomic E-state index is -0.171. The molecule has 2 aromatic heterocycles. The maximum Gasteiger partial charge on any atom is 0.111 e. The van der Waals surface area contributed by atoms with Gasteiger partial charge in [-0.2, -0.15) is 5.26 Å². The van der Waals surface area contributed by atoms with E-state index in [-0.39, 0.29) is 24.4 Å². The number of morpholine rings is 2. The first kappa shape index (κ1) is 24.1. The van der Waals surface area contributed by atoms with Crippen molar-refractivity contribution in [1.29, 1.82) is 5.26 Å². The molecule has 9 nitrogen and oxygen atoms in total. The normalized spacial score (nSPS) is 23.7. The van der Waals surface area contributed by atoms with Gasteiger partial charge in [-0.25, -0.2) is 0 Å². The molecule has 0 aliphatic carbocycles. The zero-order chi connectivity index (χ0) is 25.4. The quantitative estimate of drug-likeness (QED) is 0.565. The van der Waals surface area contributed by atoms with Gasteiger partial charge >= 0.3 is 0 Å². The minimum Gasteiger partial charge on any atom is -0.390 e. The summed E-state index contributed by atoms with van der Waals surface area (Å²) in [4.78, 5) is 15.8. The molecule has 3 aromatic rings. The van der Waals surface area contributed by atoms with Crippen molar-refractivity contribution >= 4 is 22.3 Å². The lowest BCUT2D eigenvalue weighted by Gasteiger charge is -2.55. The molecular formula is C28H32N6O3. The molecule has 5 heterocycles. The Labute approximate surface area is 216 Å². The zero-order valence-electron chi connectivity index (χ0n) is 21.1. The summed E-state index contributed by atoms with van der Waals surface area (Å²) in [5.74, 6) is 0. The molecular weight excluding hydrogens is 468 g/mol. The molecule has 9 heteroatoms. The van der Waals surface area contributed by atoms with Crippen molar-refractivity contribution < 1.29 is 14.6 Å². The summed E-state index contributed by atoms with van der Waals surface area (Å²) in [6.45, 7) is 8.62. The average Bonchev–Trinajstić information content (AvgIpc) is 2.91. The first-order valence-electron chi connectivity index (χ1n) is 12.9. The molecule has 1 N–H and O–H groups in total. The van der Waals surface area contributed by atoms with Crippen LogP contribution in [0.15, 0.2) is 48.8 Å². The Bertz CT molecular complexity index is 1320. The highest BCUT2D eigenvalue weighted by Crippen LogP contribution is 2.34. The smallest absolute Gasteiger partial charge is 0.111 e. The maximum atomic E-state index is 9.51. The van der Waals surface area contributed by atoms with Crippen molar-refractivity contribution in [3.05, 3.63) is 60.0 Å². The third kappa shape index (κ3) is 4.74. The van der Waals surface area contributed by atoms with Gasteiger partial charge in [-0.1, -0.05) is 0 Å².